The zero-order valence-electron chi connectivity index (χ0n) is 14.4. The normalized spacial score (nSPS) is 15.0. The van der Waals surface area contributed by atoms with Crippen molar-refractivity contribution in [2.24, 2.45) is 0 Å². The second-order valence-electron chi connectivity index (χ2n) is 5.88. The van der Waals surface area contributed by atoms with Gasteiger partial charge in [-0.1, -0.05) is 12.1 Å². The van der Waals surface area contributed by atoms with Gasteiger partial charge in [-0.05, 0) is 43.9 Å². The van der Waals surface area contributed by atoms with Gasteiger partial charge in [-0.15, -0.1) is 0 Å². The molecule has 6 heteroatoms. The van der Waals surface area contributed by atoms with E-state index in [0.717, 1.165) is 24.2 Å². The number of methoxy groups -OCH3 is 1. The summed E-state index contributed by atoms with van der Waals surface area (Å²) < 4.78 is 10.1. The Bertz CT molecular complexity index is 536. The first-order chi connectivity index (χ1) is 11.6. The van der Waals surface area contributed by atoms with Gasteiger partial charge < -0.3 is 19.7 Å². The van der Waals surface area contributed by atoms with Gasteiger partial charge in [0.15, 0.2) is 0 Å². The average molecular weight is 334 g/mol. The minimum absolute atomic E-state index is 0.0559. The summed E-state index contributed by atoms with van der Waals surface area (Å²) in [5.41, 5.74) is 1.11. The van der Waals surface area contributed by atoms with Crippen molar-refractivity contribution in [1.82, 2.24) is 10.2 Å². The van der Waals surface area contributed by atoms with Crippen LogP contribution in [0.2, 0.25) is 0 Å². The predicted octanol–water partition coefficient (Wildman–Crippen LogP) is 2.36. The van der Waals surface area contributed by atoms with Crippen molar-refractivity contribution in [3.8, 4) is 5.75 Å². The maximum Gasteiger partial charge on any atom is 0.409 e. The number of piperidine rings is 1. The van der Waals surface area contributed by atoms with E-state index in [-0.39, 0.29) is 18.0 Å². The van der Waals surface area contributed by atoms with Crippen LogP contribution in [0.25, 0.3) is 0 Å². The van der Waals surface area contributed by atoms with Gasteiger partial charge in [0.05, 0.1) is 13.7 Å². The van der Waals surface area contributed by atoms with Crippen LogP contribution >= 0.6 is 0 Å². The molecule has 0 aliphatic carbocycles. The van der Waals surface area contributed by atoms with Crippen molar-refractivity contribution in [3.05, 3.63) is 29.8 Å². The minimum Gasteiger partial charge on any atom is -0.497 e. The molecule has 0 radical (unpaired) electrons. The monoisotopic (exact) mass is 334 g/mol. The predicted molar refractivity (Wildman–Crippen MR) is 91.1 cm³/mol. The third-order valence-corrected chi connectivity index (χ3v) is 4.19. The number of hydrogen-bond donors (Lipinski definition) is 1. The molecule has 2 rings (SSSR count). The standard InChI is InChI=1S/C18H26N2O4/c1-3-24-18(22)20-12-10-15(11-13-20)19-17(21)9-6-14-4-7-16(23-2)8-5-14/h4-5,7-8,15H,3,6,9-13H2,1-2H3,(H,19,21). The summed E-state index contributed by atoms with van der Waals surface area (Å²) in [7, 11) is 1.63. The highest BCUT2D eigenvalue weighted by atomic mass is 16.6. The Hall–Kier alpha value is -2.24. The first-order valence-corrected chi connectivity index (χ1v) is 8.46. The summed E-state index contributed by atoms with van der Waals surface area (Å²) in [5.74, 6) is 0.872. The SMILES string of the molecule is CCOC(=O)N1CCC(NC(=O)CCc2ccc(OC)cc2)CC1. The highest BCUT2D eigenvalue weighted by molar-refractivity contribution is 5.76. The van der Waals surface area contributed by atoms with E-state index >= 15 is 0 Å². The molecule has 1 fully saturated rings. The van der Waals surface area contributed by atoms with E-state index in [9.17, 15) is 9.59 Å². The van der Waals surface area contributed by atoms with E-state index in [1.165, 1.54) is 0 Å². The van der Waals surface area contributed by atoms with E-state index in [4.69, 9.17) is 9.47 Å². The number of nitrogens with one attached hydrogen (secondary N) is 1. The molecule has 0 unspecified atom stereocenters. The summed E-state index contributed by atoms with van der Waals surface area (Å²) in [6.07, 6.45) is 2.45. The van der Waals surface area contributed by atoms with E-state index in [2.05, 4.69) is 5.32 Å². The van der Waals surface area contributed by atoms with E-state index in [0.29, 0.717) is 32.5 Å². The molecule has 1 heterocycles. The quantitative estimate of drug-likeness (QED) is 0.867. The molecule has 24 heavy (non-hydrogen) atoms. The van der Waals surface area contributed by atoms with Crippen LogP contribution < -0.4 is 10.1 Å². The van der Waals surface area contributed by atoms with Crippen LogP contribution in [-0.4, -0.2) is 49.7 Å². The molecule has 2 amide bonds. The molecule has 1 N–H and O–H groups in total. The van der Waals surface area contributed by atoms with Gasteiger partial charge in [-0.25, -0.2) is 4.79 Å². The smallest absolute Gasteiger partial charge is 0.409 e. The highest BCUT2D eigenvalue weighted by Gasteiger charge is 2.24. The van der Waals surface area contributed by atoms with Gasteiger partial charge in [-0.3, -0.25) is 4.79 Å². The van der Waals surface area contributed by atoms with E-state index < -0.39 is 0 Å². The molecule has 0 bridgehead atoms. The Morgan fingerprint density at radius 3 is 2.46 bits per heavy atom. The van der Waals surface area contributed by atoms with Gasteiger partial charge in [-0.2, -0.15) is 0 Å². The van der Waals surface area contributed by atoms with Crippen LogP contribution in [0.4, 0.5) is 4.79 Å². The Morgan fingerprint density at radius 2 is 1.88 bits per heavy atom. The van der Waals surface area contributed by atoms with Gasteiger partial charge in [0.1, 0.15) is 5.75 Å². The number of likely N-dealkylation sites (tertiary alicyclic amines) is 1. The first-order valence-electron chi connectivity index (χ1n) is 8.46. The number of carbonyl (C=O) groups is 2. The molecule has 0 saturated carbocycles. The van der Waals surface area contributed by atoms with E-state index in [1.807, 2.05) is 24.3 Å². The zero-order chi connectivity index (χ0) is 17.4. The number of carbonyl (C=O) groups excluding carboxylic acids is 2. The lowest BCUT2D eigenvalue weighted by molar-refractivity contribution is -0.122. The fourth-order valence-electron chi connectivity index (χ4n) is 2.77. The molecule has 1 aromatic carbocycles. The topological polar surface area (TPSA) is 67.9 Å². The number of rotatable bonds is 6. The lowest BCUT2D eigenvalue weighted by Gasteiger charge is -2.31. The second-order valence-corrected chi connectivity index (χ2v) is 5.88. The number of nitrogens with zero attached hydrogens (tertiary/aromatic N) is 1. The average Bonchev–Trinajstić information content (AvgIpc) is 2.61. The molecular weight excluding hydrogens is 308 g/mol. The summed E-state index contributed by atoms with van der Waals surface area (Å²) in [5, 5.41) is 3.06. The Morgan fingerprint density at radius 1 is 1.21 bits per heavy atom. The van der Waals surface area contributed by atoms with Gasteiger partial charge in [0, 0.05) is 25.6 Å². The molecule has 0 atom stereocenters. The van der Waals surface area contributed by atoms with E-state index in [1.54, 1.807) is 18.9 Å². The van der Waals surface area contributed by atoms with Gasteiger partial charge in [0.25, 0.3) is 0 Å². The number of amides is 2. The van der Waals surface area contributed by atoms with Crippen LogP contribution in [0.15, 0.2) is 24.3 Å². The molecule has 6 nitrogen and oxygen atoms in total. The minimum atomic E-state index is -0.262. The summed E-state index contributed by atoms with van der Waals surface area (Å²) in [4.78, 5) is 25.4. The lowest BCUT2D eigenvalue weighted by Crippen LogP contribution is -2.46. The Labute approximate surface area is 143 Å². The van der Waals surface area contributed by atoms with Crippen LogP contribution in [0.1, 0.15) is 31.7 Å². The van der Waals surface area contributed by atoms with Crippen LogP contribution in [-0.2, 0) is 16.0 Å². The number of benzene rings is 1. The number of hydrogen-bond acceptors (Lipinski definition) is 4. The maximum absolute atomic E-state index is 12.1. The van der Waals surface area contributed by atoms with Crippen molar-refractivity contribution in [2.45, 2.75) is 38.6 Å². The number of aryl methyl sites for hydroxylation is 1. The Balaban J connectivity index is 1.68. The molecule has 0 spiro atoms. The summed E-state index contributed by atoms with van der Waals surface area (Å²) in [6.45, 7) is 3.44. The van der Waals surface area contributed by atoms with Gasteiger partial charge in [0.2, 0.25) is 5.91 Å². The van der Waals surface area contributed by atoms with Crippen LogP contribution in [0.3, 0.4) is 0 Å². The molecule has 0 aromatic heterocycles. The highest BCUT2D eigenvalue weighted by Crippen LogP contribution is 2.14. The third kappa shape index (κ3) is 5.44. The lowest BCUT2D eigenvalue weighted by atomic mass is 10.0. The van der Waals surface area contributed by atoms with Crippen LogP contribution in [0, 0.1) is 0 Å². The number of ether oxygens (including phenoxy) is 2. The van der Waals surface area contributed by atoms with Crippen LogP contribution in [0.5, 0.6) is 5.75 Å². The first kappa shape index (κ1) is 18.1. The molecule has 1 aliphatic rings. The van der Waals surface area contributed by atoms with Crippen molar-refractivity contribution in [2.75, 3.05) is 26.8 Å². The van der Waals surface area contributed by atoms with Crippen molar-refractivity contribution >= 4 is 12.0 Å². The zero-order valence-corrected chi connectivity index (χ0v) is 14.4. The maximum atomic E-state index is 12.1. The fourth-order valence-corrected chi connectivity index (χ4v) is 2.77. The van der Waals surface area contributed by atoms with Crippen molar-refractivity contribution in [1.29, 1.82) is 0 Å². The Kier molecular flexibility index (Phi) is 6.90. The fraction of sp³-hybridized carbons (Fsp3) is 0.556. The van der Waals surface area contributed by atoms with Crippen molar-refractivity contribution in [3.63, 3.8) is 0 Å². The molecular formula is C18H26N2O4. The molecule has 1 saturated heterocycles. The summed E-state index contributed by atoms with van der Waals surface area (Å²) in [6, 6.07) is 7.89. The van der Waals surface area contributed by atoms with Gasteiger partial charge >= 0.3 is 6.09 Å². The summed E-state index contributed by atoms with van der Waals surface area (Å²) >= 11 is 0. The second kappa shape index (κ2) is 9.15. The largest absolute Gasteiger partial charge is 0.497 e. The molecule has 1 aromatic rings. The molecule has 1 aliphatic heterocycles. The van der Waals surface area contributed by atoms with Crippen molar-refractivity contribution < 1.29 is 19.1 Å². The third-order valence-electron chi connectivity index (χ3n) is 4.19. The molecule has 132 valence electrons.